The molecule has 4 heteroatoms. The van der Waals surface area contributed by atoms with Crippen molar-refractivity contribution in [2.24, 2.45) is 5.92 Å². The fourth-order valence-electron chi connectivity index (χ4n) is 3.10. The highest BCUT2D eigenvalue weighted by Gasteiger charge is 2.34. The first-order chi connectivity index (χ1) is 7.66. The van der Waals surface area contributed by atoms with Crippen molar-refractivity contribution in [3.63, 3.8) is 0 Å². The Balaban J connectivity index is 1.85. The SMILES string of the molecule is O=C(O)CC1CCN(C2CCCCC2O)C1. The average molecular weight is 227 g/mol. The van der Waals surface area contributed by atoms with Gasteiger partial charge in [0.1, 0.15) is 0 Å². The standard InChI is InChI=1S/C12H21NO3/c14-11-4-2-1-3-10(11)13-6-5-9(8-13)7-12(15)16/h9-11,14H,1-8H2,(H,15,16). The van der Waals surface area contributed by atoms with E-state index in [2.05, 4.69) is 4.90 Å². The Morgan fingerprint density at radius 3 is 2.69 bits per heavy atom. The summed E-state index contributed by atoms with van der Waals surface area (Å²) in [6.07, 6.45) is 5.35. The summed E-state index contributed by atoms with van der Waals surface area (Å²) in [7, 11) is 0. The Morgan fingerprint density at radius 2 is 2.00 bits per heavy atom. The van der Waals surface area contributed by atoms with Crippen molar-refractivity contribution in [1.82, 2.24) is 4.90 Å². The number of nitrogens with zero attached hydrogens (tertiary/aromatic N) is 1. The molecule has 1 heterocycles. The van der Waals surface area contributed by atoms with E-state index in [1.54, 1.807) is 0 Å². The zero-order valence-corrected chi connectivity index (χ0v) is 9.64. The lowest BCUT2D eigenvalue weighted by molar-refractivity contribution is -0.138. The summed E-state index contributed by atoms with van der Waals surface area (Å²) >= 11 is 0. The Labute approximate surface area is 96.3 Å². The summed E-state index contributed by atoms with van der Waals surface area (Å²) in [5.74, 6) is -0.414. The minimum absolute atomic E-state index is 0.197. The molecule has 1 saturated heterocycles. The topological polar surface area (TPSA) is 60.8 Å². The quantitative estimate of drug-likeness (QED) is 0.757. The van der Waals surface area contributed by atoms with E-state index in [1.165, 1.54) is 6.42 Å². The number of carboxylic acids is 1. The lowest BCUT2D eigenvalue weighted by atomic mass is 9.91. The van der Waals surface area contributed by atoms with Crippen molar-refractivity contribution in [1.29, 1.82) is 0 Å². The zero-order valence-electron chi connectivity index (χ0n) is 9.64. The van der Waals surface area contributed by atoms with Gasteiger partial charge in [-0.25, -0.2) is 0 Å². The second-order valence-corrected chi connectivity index (χ2v) is 5.17. The fourth-order valence-corrected chi connectivity index (χ4v) is 3.10. The molecule has 2 rings (SSSR count). The molecule has 4 nitrogen and oxygen atoms in total. The fraction of sp³-hybridized carbons (Fsp3) is 0.917. The van der Waals surface area contributed by atoms with Crippen LogP contribution >= 0.6 is 0 Å². The van der Waals surface area contributed by atoms with Crippen molar-refractivity contribution >= 4 is 5.97 Å². The number of aliphatic hydroxyl groups excluding tert-OH is 1. The second-order valence-electron chi connectivity index (χ2n) is 5.17. The highest BCUT2D eigenvalue weighted by molar-refractivity contribution is 5.67. The van der Waals surface area contributed by atoms with Gasteiger partial charge in [0.2, 0.25) is 0 Å². The molecule has 0 aromatic rings. The molecule has 0 aromatic heterocycles. The molecule has 2 N–H and O–H groups in total. The first-order valence-corrected chi connectivity index (χ1v) is 6.30. The third kappa shape index (κ3) is 2.74. The lowest BCUT2D eigenvalue weighted by Crippen LogP contribution is -2.44. The summed E-state index contributed by atoms with van der Waals surface area (Å²) in [6.45, 7) is 1.81. The maximum atomic E-state index is 10.6. The van der Waals surface area contributed by atoms with Gasteiger partial charge < -0.3 is 10.2 Å². The van der Waals surface area contributed by atoms with E-state index in [1.807, 2.05) is 0 Å². The molecule has 0 bridgehead atoms. The van der Waals surface area contributed by atoms with Gasteiger partial charge in [0, 0.05) is 19.0 Å². The summed E-state index contributed by atoms with van der Waals surface area (Å²) < 4.78 is 0. The van der Waals surface area contributed by atoms with Crippen LogP contribution in [0.5, 0.6) is 0 Å². The van der Waals surface area contributed by atoms with Crippen LogP contribution < -0.4 is 0 Å². The average Bonchev–Trinajstić information content (AvgIpc) is 2.66. The summed E-state index contributed by atoms with van der Waals surface area (Å²) in [6, 6.07) is 0.285. The number of carboxylic acid groups (broad SMARTS) is 1. The molecule has 1 aliphatic carbocycles. The van der Waals surface area contributed by atoms with Gasteiger partial charge in [0.05, 0.1) is 6.10 Å². The Kier molecular flexibility index (Phi) is 3.82. The molecule has 0 amide bonds. The number of aliphatic hydroxyl groups is 1. The number of aliphatic carboxylic acids is 1. The minimum atomic E-state index is -0.698. The molecule has 0 spiro atoms. The first-order valence-electron chi connectivity index (χ1n) is 6.30. The van der Waals surface area contributed by atoms with Crippen LogP contribution in [0.1, 0.15) is 38.5 Å². The van der Waals surface area contributed by atoms with E-state index < -0.39 is 5.97 Å². The molecule has 1 aliphatic heterocycles. The van der Waals surface area contributed by atoms with Gasteiger partial charge in [0.15, 0.2) is 0 Å². The van der Waals surface area contributed by atoms with Crippen molar-refractivity contribution in [3.05, 3.63) is 0 Å². The molecular formula is C12H21NO3. The van der Waals surface area contributed by atoms with Crippen molar-refractivity contribution in [3.8, 4) is 0 Å². The number of likely N-dealkylation sites (tertiary alicyclic amines) is 1. The molecule has 3 atom stereocenters. The molecular weight excluding hydrogens is 206 g/mol. The summed E-state index contributed by atoms with van der Waals surface area (Å²) in [5, 5.41) is 18.7. The number of hydrogen-bond donors (Lipinski definition) is 2. The van der Waals surface area contributed by atoms with Crippen LogP contribution in [-0.2, 0) is 4.79 Å². The normalized spacial score (nSPS) is 36.4. The van der Waals surface area contributed by atoms with Crippen LogP contribution in [0.15, 0.2) is 0 Å². The van der Waals surface area contributed by atoms with E-state index >= 15 is 0 Å². The van der Waals surface area contributed by atoms with E-state index in [4.69, 9.17) is 5.11 Å². The van der Waals surface area contributed by atoms with Crippen LogP contribution in [0.4, 0.5) is 0 Å². The van der Waals surface area contributed by atoms with Crippen LogP contribution in [0.3, 0.4) is 0 Å². The van der Waals surface area contributed by atoms with Gasteiger partial charge in [-0.1, -0.05) is 12.8 Å². The maximum absolute atomic E-state index is 10.6. The number of rotatable bonds is 3. The third-order valence-electron chi connectivity index (χ3n) is 3.94. The molecule has 0 aromatic carbocycles. The van der Waals surface area contributed by atoms with Crippen LogP contribution in [0.2, 0.25) is 0 Å². The molecule has 1 saturated carbocycles. The monoisotopic (exact) mass is 227 g/mol. The second kappa shape index (κ2) is 5.15. The first kappa shape index (κ1) is 11.9. The van der Waals surface area contributed by atoms with Crippen LogP contribution in [-0.4, -0.2) is 46.3 Å². The van der Waals surface area contributed by atoms with Gasteiger partial charge >= 0.3 is 5.97 Å². The molecule has 2 fully saturated rings. The molecule has 0 radical (unpaired) electrons. The maximum Gasteiger partial charge on any atom is 0.303 e. The molecule has 3 unspecified atom stereocenters. The Bertz CT molecular complexity index is 257. The van der Waals surface area contributed by atoms with E-state index in [9.17, 15) is 9.90 Å². The van der Waals surface area contributed by atoms with E-state index in [0.717, 1.165) is 38.8 Å². The number of carbonyl (C=O) groups is 1. The Hall–Kier alpha value is -0.610. The van der Waals surface area contributed by atoms with Crippen molar-refractivity contribution in [2.75, 3.05) is 13.1 Å². The smallest absolute Gasteiger partial charge is 0.303 e. The number of hydrogen-bond acceptors (Lipinski definition) is 3. The van der Waals surface area contributed by atoms with Gasteiger partial charge in [-0.15, -0.1) is 0 Å². The third-order valence-corrected chi connectivity index (χ3v) is 3.94. The van der Waals surface area contributed by atoms with Gasteiger partial charge in [-0.3, -0.25) is 9.69 Å². The predicted molar refractivity (Wildman–Crippen MR) is 60.2 cm³/mol. The Morgan fingerprint density at radius 1 is 1.25 bits per heavy atom. The van der Waals surface area contributed by atoms with Gasteiger partial charge in [0.25, 0.3) is 0 Å². The predicted octanol–water partition coefficient (Wildman–Crippen LogP) is 1.09. The van der Waals surface area contributed by atoms with Crippen LogP contribution in [0.25, 0.3) is 0 Å². The zero-order chi connectivity index (χ0) is 11.5. The largest absolute Gasteiger partial charge is 0.481 e. The summed E-state index contributed by atoms with van der Waals surface area (Å²) in [5.41, 5.74) is 0. The van der Waals surface area contributed by atoms with Crippen molar-refractivity contribution < 1.29 is 15.0 Å². The summed E-state index contributed by atoms with van der Waals surface area (Å²) in [4.78, 5) is 12.9. The van der Waals surface area contributed by atoms with Gasteiger partial charge in [-0.05, 0) is 31.7 Å². The lowest BCUT2D eigenvalue weighted by Gasteiger charge is -2.35. The molecule has 92 valence electrons. The highest BCUT2D eigenvalue weighted by Crippen LogP contribution is 2.29. The highest BCUT2D eigenvalue weighted by atomic mass is 16.4. The van der Waals surface area contributed by atoms with E-state index in [-0.39, 0.29) is 24.5 Å². The van der Waals surface area contributed by atoms with Crippen LogP contribution in [0, 0.1) is 5.92 Å². The molecule has 2 aliphatic rings. The van der Waals surface area contributed by atoms with Gasteiger partial charge in [-0.2, -0.15) is 0 Å². The minimum Gasteiger partial charge on any atom is -0.481 e. The van der Waals surface area contributed by atoms with Crippen molar-refractivity contribution in [2.45, 2.75) is 50.7 Å². The van der Waals surface area contributed by atoms with E-state index in [0.29, 0.717) is 0 Å². The molecule has 16 heavy (non-hydrogen) atoms.